The fraction of sp³-hybridized carbons (Fsp3) is 0.500. The molecule has 0 saturated heterocycles. The van der Waals surface area contributed by atoms with E-state index < -0.39 is 0 Å². The van der Waals surface area contributed by atoms with Gasteiger partial charge in [-0.3, -0.25) is 0 Å². The number of hydrogen-bond acceptors (Lipinski definition) is 2. The van der Waals surface area contributed by atoms with Gasteiger partial charge in [0.05, 0.1) is 11.4 Å². The first-order chi connectivity index (χ1) is 7.08. The number of benzene rings is 1. The van der Waals surface area contributed by atoms with Gasteiger partial charge in [-0.25, -0.2) is 0 Å². The molecule has 2 nitrogen and oxygen atoms in total. The molecule has 0 fully saturated rings. The molecule has 0 bridgehead atoms. The fourth-order valence-electron chi connectivity index (χ4n) is 2.19. The maximum atomic E-state index is 6.07. The van der Waals surface area contributed by atoms with Crippen LogP contribution in [-0.4, -0.2) is 19.6 Å². The second-order valence-corrected chi connectivity index (χ2v) is 4.81. The van der Waals surface area contributed by atoms with Gasteiger partial charge in [-0.2, -0.15) is 0 Å². The summed E-state index contributed by atoms with van der Waals surface area (Å²) in [6.07, 6.45) is 1.15. The van der Waals surface area contributed by atoms with E-state index in [4.69, 9.17) is 11.6 Å². The van der Waals surface area contributed by atoms with Crippen molar-refractivity contribution in [3.8, 4) is 0 Å². The molecule has 1 aliphatic heterocycles. The van der Waals surface area contributed by atoms with E-state index in [-0.39, 0.29) is 0 Å². The molecule has 1 aromatic carbocycles. The number of halogens is 1. The molecule has 1 aliphatic rings. The Bertz CT molecular complexity index is 376. The molecular weight excluding hydrogens is 208 g/mol. The highest BCUT2D eigenvalue weighted by Crippen LogP contribution is 2.35. The Labute approximate surface area is 96.2 Å². The molecule has 0 aromatic heterocycles. The number of nitrogens with one attached hydrogen (secondary N) is 1. The number of anilines is 2. The van der Waals surface area contributed by atoms with Crippen molar-refractivity contribution < 1.29 is 0 Å². The molecule has 0 saturated carbocycles. The van der Waals surface area contributed by atoms with E-state index in [1.807, 2.05) is 12.1 Å². The second kappa shape index (κ2) is 3.93. The molecule has 1 atom stereocenters. The van der Waals surface area contributed by atoms with Crippen LogP contribution in [0.15, 0.2) is 12.1 Å². The van der Waals surface area contributed by atoms with Gasteiger partial charge in [0, 0.05) is 24.7 Å². The van der Waals surface area contributed by atoms with Crippen molar-refractivity contribution in [3.05, 3.63) is 22.7 Å². The Morgan fingerprint density at radius 2 is 2.20 bits per heavy atom. The lowest BCUT2D eigenvalue weighted by molar-refractivity contribution is 0.711. The van der Waals surface area contributed by atoms with Crippen LogP contribution in [0.2, 0.25) is 5.02 Å². The lowest BCUT2D eigenvalue weighted by atomic mass is 10.1. The molecule has 1 heterocycles. The summed E-state index contributed by atoms with van der Waals surface area (Å²) in [5.41, 5.74) is 3.68. The molecule has 3 heteroatoms. The summed E-state index contributed by atoms with van der Waals surface area (Å²) in [5.74, 6) is 0. The van der Waals surface area contributed by atoms with Crippen molar-refractivity contribution >= 4 is 23.0 Å². The maximum Gasteiger partial charge on any atom is 0.0630 e. The highest BCUT2D eigenvalue weighted by atomic mass is 35.5. The SMILES string of the molecule is Cc1cc(Cl)cc2c1N(C)CCC(C)N2. The molecule has 1 aromatic rings. The smallest absolute Gasteiger partial charge is 0.0630 e. The van der Waals surface area contributed by atoms with Crippen LogP contribution in [0, 0.1) is 6.92 Å². The first kappa shape index (κ1) is 10.6. The number of aryl methyl sites for hydroxylation is 1. The van der Waals surface area contributed by atoms with Gasteiger partial charge in [0.2, 0.25) is 0 Å². The van der Waals surface area contributed by atoms with Crippen molar-refractivity contribution in [2.24, 2.45) is 0 Å². The van der Waals surface area contributed by atoms with Crippen LogP contribution in [0.4, 0.5) is 11.4 Å². The summed E-state index contributed by atoms with van der Waals surface area (Å²) in [6, 6.07) is 4.54. The van der Waals surface area contributed by atoms with Crippen LogP contribution < -0.4 is 10.2 Å². The standard InChI is InChI=1S/C12H17ClN2/c1-8-6-10(13)7-11-12(8)15(3)5-4-9(2)14-11/h6-7,9,14H,4-5H2,1-3H3. The van der Waals surface area contributed by atoms with Crippen molar-refractivity contribution in [3.63, 3.8) is 0 Å². The lowest BCUT2D eigenvalue weighted by Gasteiger charge is -2.21. The van der Waals surface area contributed by atoms with Crippen molar-refractivity contribution in [2.45, 2.75) is 26.3 Å². The van der Waals surface area contributed by atoms with Crippen LogP contribution in [0.5, 0.6) is 0 Å². The van der Waals surface area contributed by atoms with Gasteiger partial charge in [-0.05, 0) is 38.0 Å². The van der Waals surface area contributed by atoms with E-state index >= 15 is 0 Å². The topological polar surface area (TPSA) is 15.3 Å². The van der Waals surface area contributed by atoms with Crippen molar-refractivity contribution in [1.29, 1.82) is 0 Å². The monoisotopic (exact) mass is 224 g/mol. The van der Waals surface area contributed by atoms with E-state index in [0.29, 0.717) is 6.04 Å². The van der Waals surface area contributed by atoms with E-state index in [1.165, 1.54) is 11.3 Å². The fourth-order valence-corrected chi connectivity index (χ4v) is 2.46. The Hall–Kier alpha value is -0.890. The predicted molar refractivity (Wildman–Crippen MR) is 67.2 cm³/mol. The highest BCUT2D eigenvalue weighted by molar-refractivity contribution is 6.31. The third-order valence-electron chi connectivity index (χ3n) is 2.95. The summed E-state index contributed by atoms with van der Waals surface area (Å²) in [6.45, 7) is 5.40. The van der Waals surface area contributed by atoms with Crippen LogP contribution in [-0.2, 0) is 0 Å². The molecular formula is C12H17ClN2. The van der Waals surface area contributed by atoms with Crippen LogP contribution in [0.3, 0.4) is 0 Å². The minimum atomic E-state index is 0.506. The number of hydrogen-bond donors (Lipinski definition) is 1. The first-order valence-electron chi connectivity index (χ1n) is 5.36. The van der Waals surface area contributed by atoms with Gasteiger partial charge in [0.1, 0.15) is 0 Å². The van der Waals surface area contributed by atoms with E-state index in [2.05, 4.69) is 31.1 Å². The third kappa shape index (κ3) is 2.05. The Morgan fingerprint density at radius 1 is 1.47 bits per heavy atom. The van der Waals surface area contributed by atoms with E-state index in [0.717, 1.165) is 23.7 Å². The Balaban J connectivity index is 2.52. The molecule has 1 N–H and O–H groups in total. The molecule has 0 amide bonds. The summed E-state index contributed by atoms with van der Waals surface area (Å²) in [4.78, 5) is 2.30. The average molecular weight is 225 g/mol. The largest absolute Gasteiger partial charge is 0.381 e. The maximum absolute atomic E-state index is 6.07. The second-order valence-electron chi connectivity index (χ2n) is 4.37. The van der Waals surface area contributed by atoms with E-state index in [9.17, 15) is 0 Å². The average Bonchev–Trinajstić information content (AvgIpc) is 2.25. The zero-order valence-corrected chi connectivity index (χ0v) is 10.2. The quantitative estimate of drug-likeness (QED) is 0.728. The summed E-state index contributed by atoms with van der Waals surface area (Å²) in [5, 5.41) is 4.32. The molecule has 0 aliphatic carbocycles. The molecule has 15 heavy (non-hydrogen) atoms. The summed E-state index contributed by atoms with van der Waals surface area (Å²) >= 11 is 6.07. The summed E-state index contributed by atoms with van der Waals surface area (Å²) < 4.78 is 0. The van der Waals surface area contributed by atoms with Gasteiger partial charge < -0.3 is 10.2 Å². The lowest BCUT2D eigenvalue weighted by Crippen LogP contribution is -2.20. The molecule has 2 rings (SSSR count). The number of fused-ring (bicyclic) bond motifs is 1. The third-order valence-corrected chi connectivity index (χ3v) is 3.16. The minimum absolute atomic E-state index is 0.506. The normalized spacial score (nSPS) is 20.5. The Morgan fingerprint density at radius 3 is 2.93 bits per heavy atom. The summed E-state index contributed by atoms with van der Waals surface area (Å²) in [7, 11) is 2.14. The van der Waals surface area contributed by atoms with Crippen LogP contribution >= 0.6 is 11.6 Å². The number of rotatable bonds is 0. The zero-order chi connectivity index (χ0) is 11.0. The molecule has 0 spiro atoms. The van der Waals surface area contributed by atoms with Crippen LogP contribution in [0.1, 0.15) is 18.9 Å². The molecule has 1 unspecified atom stereocenters. The highest BCUT2D eigenvalue weighted by Gasteiger charge is 2.18. The Kier molecular flexibility index (Phi) is 2.79. The van der Waals surface area contributed by atoms with Crippen molar-refractivity contribution in [2.75, 3.05) is 23.8 Å². The minimum Gasteiger partial charge on any atom is -0.381 e. The van der Waals surface area contributed by atoms with Gasteiger partial charge in [-0.15, -0.1) is 0 Å². The van der Waals surface area contributed by atoms with Gasteiger partial charge in [0.15, 0.2) is 0 Å². The van der Waals surface area contributed by atoms with Crippen molar-refractivity contribution in [1.82, 2.24) is 0 Å². The molecule has 0 radical (unpaired) electrons. The zero-order valence-electron chi connectivity index (χ0n) is 9.47. The van der Waals surface area contributed by atoms with Gasteiger partial charge in [0.25, 0.3) is 0 Å². The van der Waals surface area contributed by atoms with Gasteiger partial charge in [-0.1, -0.05) is 11.6 Å². The first-order valence-corrected chi connectivity index (χ1v) is 5.73. The van der Waals surface area contributed by atoms with Crippen LogP contribution in [0.25, 0.3) is 0 Å². The number of nitrogens with zero attached hydrogens (tertiary/aromatic N) is 1. The predicted octanol–water partition coefficient (Wildman–Crippen LogP) is 3.29. The van der Waals surface area contributed by atoms with Gasteiger partial charge >= 0.3 is 0 Å². The van der Waals surface area contributed by atoms with E-state index in [1.54, 1.807) is 0 Å². The molecule has 82 valence electrons.